The van der Waals surface area contributed by atoms with E-state index in [0.29, 0.717) is 0 Å². The van der Waals surface area contributed by atoms with Gasteiger partial charge in [0.2, 0.25) is 5.78 Å². The molecule has 0 aliphatic carbocycles. The maximum absolute atomic E-state index is 12.3. The average Bonchev–Trinajstić information content (AvgIpc) is 3.16. The smallest absolute Gasteiger partial charge is 0.221 e. The Kier molecular flexibility index (Phi) is 2.94. The molecule has 3 heterocycles. The monoisotopic (exact) mass is 309 g/mol. The van der Waals surface area contributed by atoms with Crippen molar-refractivity contribution in [1.29, 1.82) is 0 Å². The molecule has 0 fully saturated rings. The molecule has 0 spiro atoms. The molecule has 110 valence electrons. The number of fused-ring (bicyclic) bond motifs is 3. The number of carbonyl (C=O) groups excluding carboxylic acids is 1. The van der Waals surface area contributed by atoms with E-state index in [1.807, 2.05) is 61.0 Å². The van der Waals surface area contributed by atoms with Crippen LogP contribution in [0.5, 0.6) is 5.75 Å². The number of ketones is 1. The van der Waals surface area contributed by atoms with Crippen LogP contribution in [-0.4, -0.2) is 16.5 Å². The van der Waals surface area contributed by atoms with E-state index in [9.17, 15) is 4.79 Å². The fraction of sp³-hybridized carbons (Fsp3) is 0.167. The van der Waals surface area contributed by atoms with Crippen LogP contribution in [0, 0.1) is 0 Å². The van der Waals surface area contributed by atoms with E-state index in [1.54, 1.807) is 0 Å². The fourth-order valence-corrected chi connectivity index (χ4v) is 3.83. The number of nitrogens with zero attached hydrogens (tertiary/aromatic N) is 1. The third-order valence-corrected chi connectivity index (χ3v) is 4.70. The third kappa shape index (κ3) is 1.91. The largest absolute Gasteiger partial charge is 0.491 e. The van der Waals surface area contributed by atoms with Crippen LogP contribution in [0.1, 0.15) is 29.2 Å². The Labute approximate surface area is 132 Å². The standard InChI is InChI=1S/C18H15NO2S/c1-11(2)21-13-7-5-12(6-8-13)14-10-22-18-16(14)19-9-3-4-15(19)17(18)20/h3-11H,1-2H3. The lowest BCUT2D eigenvalue weighted by molar-refractivity contribution is 0.104. The number of ether oxygens (including phenoxy) is 1. The first kappa shape index (κ1) is 13.3. The van der Waals surface area contributed by atoms with E-state index in [4.69, 9.17) is 4.74 Å². The molecule has 0 N–H and O–H groups in total. The molecule has 1 aromatic carbocycles. The molecular weight excluding hydrogens is 294 g/mol. The first-order valence-corrected chi connectivity index (χ1v) is 8.14. The highest BCUT2D eigenvalue weighted by molar-refractivity contribution is 7.13. The predicted molar refractivity (Wildman–Crippen MR) is 88.3 cm³/mol. The third-order valence-electron chi connectivity index (χ3n) is 3.73. The van der Waals surface area contributed by atoms with Gasteiger partial charge in [0.25, 0.3) is 0 Å². The summed E-state index contributed by atoms with van der Waals surface area (Å²) in [6, 6.07) is 11.8. The molecule has 3 aromatic rings. The van der Waals surface area contributed by atoms with E-state index in [2.05, 4.69) is 5.38 Å². The zero-order valence-electron chi connectivity index (χ0n) is 12.4. The highest BCUT2D eigenvalue weighted by Crippen LogP contribution is 2.41. The highest BCUT2D eigenvalue weighted by atomic mass is 32.1. The zero-order valence-corrected chi connectivity index (χ0v) is 13.2. The highest BCUT2D eigenvalue weighted by Gasteiger charge is 2.30. The van der Waals surface area contributed by atoms with Crippen LogP contribution in [0.25, 0.3) is 16.8 Å². The van der Waals surface area contributed by atoms with Crippen LogP contribution in [0.3, 0.4) is 0 Å². The van der Waals surface area contributed by atoms with E-state index in [0.717, 1.165) is 33.1 Å². The van der Waals surface area contributed by atoms with Crippen molar-refractivity contribution in [2.45, 2.75) is 20.0 Å². The lowest BCUT2D eigenvalue weighted by atomic mass is 10.1. The van der Waals surface area contributed by atoms with Crippen LogP contribution in [0.2, 0.25) is 0 Å². The van der Waals surface area contributed by atoms with Gasteiger partial charge in [0.15, 0.2) is 0 Å². The Hall–Kier alpha value is -2.33. The maximum Gasteiger partial charge on any atom is 0.221 e. The van der Waals surface area contributed by atoms with Gasteiger partial charge in [0.1, 0.15) is 10.6 Å². The van der Waals surface area contributed by atoms with E-state index in [1.165, 1.54) is 11.3 Å². The Morgan fingerprint density at radius 3 is 2.64 bits per heavy atom. The summed E-state index contributed by atoms with van der Waals surface area (Å²) in [4.78, 5) is 13.2. The number of benzene rings is 1. The minimum absolute atomic E-state index is 0.121. The van der Waals surface area contributed by atoms with Crippen molar-refractivity contribution in [1.82, 2.24) is 4.57 Å². The molecule has 22 heavy (non-hydrogen) atoms. The summed E-state index contributed by atoms with van der Waals surface area (Å²) in [6.07, 6.45) is 2.11. The molecule has 4 rings (SSSR count). The van der Waals surface area contributed by atoms with Crippen LogP contribution in [0.4, 0.5) is 0 Å². The molecule has 4 heteroatoms. The number of hydrogen-bond acceptors (Lipinski definition) is 3. The second-order valence-electron chi connectivity index (χ2n) is 5.61. The summed E-state index contributed by atoms with van der Waals surface area (Å²) in [5, 5.41) is 2.06. The fourth-order valence-electron chi connectivity index (χ4n) is 2.82. The van der Waals surface area contributed by atoms with Gasteiger partial charge in [-0.3, -0.25) is 4.79 Å². The van der Waals surface area contributed by atoms with Crippen LogP contribution < -0.4 is 4.74 Å². The summed E-state index contributed by atoms with van der Waals surface area (Å²) < 4.78 is 7.67. The number of thiophene rings is 1. The minimum atomic E-state index is 0.121. The second-order valence-corrected chi connectivity index (χ2v) is 6.49. The first-order chi connectivity index (χ1) is 10.6. The van der Waals surface area contributed by atoms with Gasteiger partial charge in [-0.05, 0) is 43.7 Å². The van der Waals surface area contributed by atoms with Crippen molar-refractivity contribution in [3.8, 4) is 22.6 Å². The zero-order chi connectivity index (χ0) is 15.3. The second kappa shape index (κ2) is 4.85. The van der Waals surface area contributed by atoms with Crippen molar-refractivity contribution in [3.63, 3.8) is 0 Å². The van der Waals surface area contributed by atoms with E-state index in [-0.39, 0.29) is 11.9 Å². The molecule has 0 bridgehead atoms. The molecule has 0 unspecified atom stereocenters. The van der Waals surface area contributed by atoms with Crippen molar-refractivity contribution in [3.05, 3.63) is 58.5 Å². The topological polar surface area (TPSA) is 31.2 Å². The molecule has 1 aliphatic rings. The van der Waals surface area contributed by atoms with Gasteiger partial charge in [0, 0.05) is 17.1 Å². The number of carbonyl (C=O) groups is 1. The van der Waals surface area contributed by atoms with Gasteiger partial charge in [-0.1, -0.05) is 12.1 Å². The minimum Gasteiger partial charge on any atom is -0.491 e. The SMILES string of the molecule is CC(C)Oc1ccc(-c2csc3c2-n2cccc2C3=O)cc1. The van der Waals surface area contributed by atoms with Gasteiger partial charge >= 0.3 is 0 Å². The van der Waals surface area contributed by atoms with E-state index < -0.39 is 0 Å². The predicted octanol–water partition coefficient (Wildman–Crippen LogP) is 4.54. The van der Waals surface area contributed by atoms with Gasteiger partial charge in [0.05, 0.1) is 17.5 Å². The molecule has 2 aromatic heterocycles. The molecule has 3 nitrogen and oxygen atoms in total. The summed E-state index contributed by atoms with van der Waals surface area (Å²) in [5.74, 6) is 0.986. The lowest BCUT2D eigenvalue weighted by Gasteiger charge is -2.10. The summed E-state index contributed by atoms with van der Waals surface area (Å²) in [6.45, 7) is 4.03. The van der Waals surface area contributed by atoms with Crippen LogP contribution in [0.15, 0.2) is 48.0 Å². The summed E-state index contributed by atoms with van der Waals surface area (Å²) in [7, 11) is 0. The van der Waals surface area contributed by atoms with Crippen LogP contribution >= 0.6 is 11.3 Å². The van der Waals surface area contributed by atoms with E-state index >= 15 is 0 Å². The molecule has 1 aliphatic heterocycles. The molecule has 0 amide bonds. The molecule has 0 radical (unpaired) electrons. The van der Waals surface area contributed by atoms with Crippen LogP contribution in [-0.2, 0) is 0 Å². The summed E-state index contributed by atoms with van der Waals surface area (Å²) in [5.41, 5.74) is 3.96. The van der Waals surface area contributed by atoms with Crippen molar-refractivity contribution in [2.24, 2.45) is 0 Å². The first-order valence-electron chi connectivity index (χ1n) is 7.26. The molecular formula is C18H15NO2S. The van der Waals surface area contributed by atoms with Gasteiger partial charge < -0.3 is 9.30 Å². The Bertz CT molecular complexity index is 856. The quantitative estimate of drug-likeness (QED) is 0.556. The number of rotatable bonds is 3. The van der Waals surface area contributed by atoms with Crippen molar-refractivity contribution >= 4 is 17.1 Å². The Morgan fingerprint density at radius 2 is 1.91 bits per heavy atom. The maximum atomic E-state index is 12.3. The average molecular weight is 309 g/mol. The van der Waals surface area contributed by atoms with Crippen molar-refractivity contribution in [2.75, 3.05) is 0 Å². The Balaban J connectivity index is 1.77. The molecule has 0 saturated carbocycles. The van der Waals surface area contributed by atoms with Gasteiger partial charge in [-0.25, -0.2) is 0 Å². The number of hydrogen-bond donors (Lipinski definition) is 0. The van der Waals surface area contributed by atoms with Gasteiger partial charge in [-0.2, -0.15) is 0 Å². The normalized spacial score (nSPS) is 12.6. The molecule has 0 atom stereocenters. The lowest BCUT2D eigenvalue weighted by Crippen LogP contribution is -2.05. The Morgan fingerprint density at radius 1 is 1.14 bits per heavy atom. The van der Waals surface area contributed by atoms with Gasteiger partial charge in [-0.15, -0.1) is 11.3 Å². The summed E-state index contributed by atoms with van der Waals surface area (Å²) >= 11 is 1.52. The molecule has 0 saturated heterocycles. The van der Waals surface area contributed by atoms with Crippen molar-refractivity contribution < 1.29 is 9.53 Å². The number of aromatic nitrogens is 1.